The van der Waals surface area contributed by atoms with Crippen molar-refractivity contribution >= 4 is 11.6 Å². The van der Waals surface area contributed by atoms with Gasteiger partial charge in [-0.15, -0.1) is 0 Å². The van der Waals surface area contributed by atoms with E-state index in [4.69, 9.17) is 0 Å². The van der Waals surface area contributed by atoms with Crippen molar-refractivity contribution in [3.63, 3.8) is 0 Å². The van der Waals surface area contributed by atoms with Gasteiger partial charge in [0.1, 0.15) is 0 Å². The van der Waals surface area contributed by atoms with Crippen LogP contribution in [-0.4, -0.2) is 23.0 Å². The first-order valence-corrected chi connectivity index (χ1v) is 7.66. The van der Waals surface area contributed by atoms with Gasteiger partial charge in [0.05, 0.1) is 12.5 Å². The second-order valence-corrected chi connectivity index (χ2v) is 6.26. The summed E-state index contributed by atoms with van der Waals surface area (Å²) in [6.45, 7) is 0. The average molecular weight is 294 g/mol. The van der Waals surface area contributed by atoms with E-state index < -0.39 is 6.10 Å². The standard InChI is InChI=1S/C18H18N2O2/c1-20-16-5-4-12(6-13(16)8-17(20)21)14-7-15(10-19-9-14)18(22)11-2-3-11/h4-7,9-11,18,22H,2-3,8H2,1H3. The molecule has 4 nitrogen and oxygen atoms in total. The molecule has 1 aromatic carbocycles. The first-order chi connectivity index (χ1) is 10.6. The van der Waals surface area contributed by atoms with Crippen molar-refractivity contribution in [2.45, 2.75) is 25.4 Å². The second-order valence-electron chi connectivity index (χ2n) is 6.26. The molecule has 1 aliphatic heterocycles. The summed E-state index contributed by atoms with van der Waals surface area (Å²) in [5.41, 5.74) is 4.95. The van der Waals surface area contributed by atoms with Gasteiger partial charge in [0.25, 0.3) is 0 Å². The number of carbonyl (C=O) groups is 1. The van der Waals surface area contributed by atoms with Gasteiger partial charge in [0.2, 0.25) is 5.91 Å². The second kappa shape index (κ2) is 4.92. The zero-order valence-corrected chi connectivity index (χ0v) is 12.5. The molecular weight excluding hydrogens is 276 g/mol. The molecule has 0 saturated heterocycles. The summed E-state index contributed by atoms with van der Waals surface area (Å²) in [5, 5.41) is 10.3. The lowest BCUT2D eigenvalue weighted by Gasteiger charge is -2.12. The molecule has 1 aliphatic carbocycles. The predicted octanol–water partition coefficient (Wildman–Crippen LogP) is 2.71. The van der Waals surface area contributed by atoms with E-state index >= 15 is 0 Å². The number of pyridine rings is 1. The van der Waals surface area contributed by atoms with Crippen molar-refractivity contribution in [3.05, 3.63) is 47.8 Å². The van der Waals surface area contributed by atoms with Crippen LogP contribution in [0.2, 0.25) is 0 Å². The van der Waals surface area contributed by atoms with E-state index in [9.17, 15) is 9.90 Å². The molecule has 4 rings (SSSR count). The third kappa shape index (κ3) is 2.20. The number of rotatable bonds is 3. The van der Waals surface area contributed by atoms with Gasteiger partial charge in [-0.05, 0) is 53.6 Å². The Bertz CT molecular complexity index is 753. The summed E-state index contributed by atoms with van der Waals surface area (Å²) >= 11 is 0. The lowest BCUT2D eigenvalue weighted by Crippen LogP contribution is -2.20. The van der Waals surface area contributed by atoms with Gasteiger partial charge >= 0.3 is 0 Å². The Balaban J connectivity index is 1.69. The minimum Gasteiger partial charge on any atom is -0.388 e. The zero-order valence-electron chi connectivity index (χ0n) is 12.5. The number of aliphatic hydroxyl groups excluding tert-OH is 1. The maximum atomic E-state index is 11.8. The van der Waals surface area contributed by atoms with Crippen molar-refractivity contribution in [1.29, 1.82) is 0 Å². The van der Waals surface area contributed by atoms with Crippen LogP contribution < -0.4 is 4.90 Å². The molecule has 1 unspecified atom stereocenters. The third-order valence-corrected chi connectivity index (χ3v) is 4.66. The van der Waals surface area contributed by atoms with Crippen LogP contribution in [0.15, 0.2) is 36.7 Å². The van der Waals surface area contributed by atoms with Crippen LogP contribution in [0.5, 0.6) is 0 Å². The molecule has 1 saturated carbocycles. The fraction of sp³-hybridized carbons (Fsp3) is 0.333. The maximum Gasteiger partial charge on any atom is 0.231 e. The minimum atomic E-state index is -0.408. The number of hydrogen-bond acceptors (Lipinski definition) is 3. The van der Waals surface area contributed by atoms with Crippen LogP contribution in [0.3, 0.4) is 0 Å². The molecule has 0 bridgehead atoms. The maximum absolute atomic E-state index is 11.8. The Morgan fingerprint density at radius 2 is 2.05 bits per heavy atom. The number of nitrogens with zero attached hydrogens (tertiary/aromatic N) is 2. The molecule has 1 fully saturated rings. The Hall–Kier alpha value is -2.20. The highest BCUT2D eigenvalue weighted by Gasteiger charge is 2.31. The van der Waals surface area contributed by atoms with Crippen LogP contribution in [0.4, 0.5) is 5.69 Å². The van der Waals surface area contributed by atoms with Gasteiger partial charge in [-0.2, -0.15) is 0 Å². The van der Waals surface area contributed by atoms with E-state index in [1.807, 2.05) is 31.4 Å². The van der Waals surface area contributed by atoms with Gasteiger partial charge in [0, 0.05) is 30.7 Å². The van der Waals surface area contributed by atoms with Crippen LogP contribution >= 0.6 is 0 Å². The molecular formula is C18H18N2O2. The quantitative estimate of drug-likeness (QED) is 0.947. The fourth-order valence-electron chi connectivity index (χ4n) is 3.11. The molecule has 0 radical (unpaired) electrons. The van der Waals surface area contributed by atoms with Gasteiger partial charge in [-0.3, -0.25) is 9.78 Å². The Kier molecular flexibility index (Phi) is 3.01. The number of benzene rings is 1. The highest BCUT2D eigenvalue weighted by atomic mass is 16.3. The van der Waals surface area contributed by atoms with E-state index in [0.717, 1.165) is 40.8 Å². The van der Waals surface area contributed by atoms with Crippen molar-refractivity contribution < 1.29 is 9.90 Å². The summed E-state index contributed by atoms with van der Waals surface area (Å²) in [4.78, 5) is 17.8. The smallest absolute Gasteiger partial charge is 0.231 e. The highest BCUT2D eigenvalue weighted by Crippen LogP contribution is 2.41. The van der Waals surface area contributed by atoms with Crippen LogP contribution in [0.1, 0.15) is 30.1 Å². The molecule has 112 valence electrons. The minimum absolute atomic E-state index is 0.128. The molecule has 2 aromatic rings. The Labute approximate surface area is 129 Å². The van der Waals surface area contributed by atoms with Gasteiger partial charge in [0.15, 0.2) is 0 Å². The fourth-order valence-corrected chi connectivity index (χ4v) is 3.11. The molecule has 1 atom stereocenters. The summed E-state index contributed by atoms with van der Waals surface area (Å²) in [5.74, 6) is 0.520. The molecule has 0 spiro atoms. The highest BCUT2D eigenvalue weighted by molar-refractivity contribution is 6.01. The number of hydrogen-bond donors (Lipinski definition) is 1. The lowest BCUT2D eigenvalue weighted by molar-refractivity contribution is -0.117. The number of aromatic nitrogens is 1. The molecule has 1 aromatic heterocycles. The van der Waals surface area contributed by atoms with Crippen LogP contribution in [-0.2, 0) is 11.2 Å². The van der Waals surface area contributed by atoms with E-state index in [1.165, 1.54) is 0 Å². The predicted molar refractivity (Wildman–Crippen MR) is 84.5 cm³/mol. The van der Waals surface area contributed by atoms with E-state index in [-0.39, 0.29) is 5.91 Å². The van der Waals surface area contributed by atoms with Crippen molar-refractivity contribution in [1.82, 2.24) is 4.98 Å². The SMILES string of the molecule is CN1C(=O)Cc2cc(-c3cncc(C(O)C4CC4)c3)ccc21. The third-order valence-electron chi connectivity index (χ3n) is 4.66. The molecule has 22 heavy (non-hydrogen) atoms. The van der Waals surface area contributed by atoms with Crippen molar-refractivity contribution in [2.75, 3.05) is 11.9 Å². The largest absolute Gasteiger partial charge is 0.388 e. The zero-order chi connectivity index (χ0) is 15.3. The summed E-state index contributed by atoms with van der Waals surface area (Å²) < 4.78 is 0. The summed E-state index contributed by atoms with van der Waals surface area (Å²) in [6.07, 6.45) is 5.80. The molecule has 2 heterocycles. The van der Waals surface area contributed by atoms with E-state index in [1.54, 1.807) is 11.1 Å². The summed E-state index contributed by atoms with van der Waals surface area (Å²) in [7, 11) is 1.81. The molecule has 4 heteroatoms. The van der Waals surface area contributed by atoms with Gasteiger partial charge in [-0.1, -0.05) is 6.07 Å². The topological polar surface area (TPSA) is 53.4 Å². The number of amides is 1. The van der Waals surface area contributed by atoms with Gasteiger partial charge < -0.3 is 10.0 Å². The number of anilines is 1. The van der Waals surface area contributed by atoms with Gasteiger partial charge in [-0.25, -0.2) is 0 Å². The van der Waals surface area contributed by atoms with Crippen LogP contribution in [0.25, 0.3) is 11.1 Å². The van der Waals surface area contributed by atoms with E-state index in [2.05, 4.69) is 11.1 Å². The first-order valence-electron chi connectivity index (χ1n) is 7.66. The molecule has 1 N–H and O–H groups in total. The number of likely N-dealkylation sites (N-methyl/N-ethyl adjacent to an activating group) is 1. The first kappa shape index (κ1) is 13.5. The number of carbonyl (C=O) groups excluding carboxylic acids is 1. The van der Waals surface area contributed by atoms with Crippen molar-refractivity contribution in [2.24, 2.45) is 5.92 Å². The number of fused-ring (bicyclic) bond motifs is 1. The van der Waals surface area contributed by atoms with E-state index in [0.29, 0.717) is 12.3 Å². The normalized spacial score (nSPS) is 18.5. The monoisotopic (exact) mass is 294 g/mol. The molecule has 2 aliphatic rings. The Morgan fingerprint density at radius 3 is 2.82 bits per heavy atom. The van der Waals surface area contributed by atoms with Crippen molar-refractivity contribution in [3.8, 4) is 11.1 Å². The molecule has 1 amide bonds. The number of aliphatic hydroxyl groups is 1. The average Bonchev–Trinajstić information content (AvgIpc) is 3.34. The summed E-state index contributed by atoms with van der Waals surface area (Å²) in [6, 6.07) is 8.07. The Morgan fingerprint density at radius 1 is 1.23 bits per heavy atom. The lowest BCUT2D eigenvalue weighted by atomic mass is 9.99. The van der Waals surface area contributed by atoms with Crippen LogP contribution in [0, 0.1) is 5.92 Å².